The lowest BCUT2D eigenvalue weighted by Gasteiger charge is -2.20. The number of hydrogen-bond acceptors (Lipinski definition) is 4. The largest absolute Gasteiger partial charge is 0.281 e. The van der Waals surface area contributed by atoms with Crippen LogP contribution in [0.1, 0.15) is 24.1 Å². The minimum atomic E-state index is -0.474. The number of aromatic nitrogens is 2. The summed E-state index contributed by atoms with van der Waals surface area (Å²) in [5.74, 6) is -1.39. The van der Waals surface area contributed by atoms with Gasteiger partial charge in [0.25, 0.3) is 5.91 Å². The van der Waals surface area contributed by atoms with Gasteiger partial charge in [0.2, 0.25) is 0 Å². The molecule has 0 saturated heterocycles. The molecule has 0 bridgehead atoms. The molecule has 1 atom stereocenters. The summed E-state index contributed by atoms with van der Waals surface area (Å²) in [6.45, 7) is 1.52. The number of hydroxylamine groups is 1. The molecule has 1 amide bonds. The highest BCUT2D eigenvalue weighted by molar-refractivity contribution is 5.96. The van der Waals surface area contributed by atoms with Crippen molar-refractivity contribution in [1.29, 1.82) is 0 Å². The highest BCUT2D eigenvalue weighted by atomic mass is 19.1. The fourth-order valence-corrected chi connectivity index (χ4v) is 2.69. The van der Waals surface area contributed by atoms with Gasteiger partial charge >= 0.3 is 0 Å². The third-order valence-electron chi connectivity index (χ3n) is 4.01. The lowest BCUT2D eigenvalue weighted by atomic mass is 10.1. The van der Waals surface area contributed by atoms with Crippen molar-refractivity contribution in [3.8, 4) is 0 Å². The molecule has 1 heterocycles. The van der Waals surface area contributed by atoms with E-state index in [1.807, 2.05) is 0 Å². The fourth-order valence-electron chi connectivity index (χ4n) is 2.69. The van der Waals surface area contributed by atoms with E-state index in [9.17, 15) is 14.4 Å². The van der Waals surface area contributed by atoms with E-state index in [4.69, 9.17) is 0 Å². The molecular formula is C17H16FN3O2. The molecule has 0 radical (unpaired) electrons. The van der Waals surface area contributed by atoms with Crippen LogP contribution in [-0.2, 0) is 4.79 Å². The van der Waals surface area contributed by atoms with E-state index in [1.54, 1.807) is 24.7 Å². The van der Waals surface area contributed by atoms with Crippen LogP contribution >= 0.6 is 0 Å². The molecular weight excluding hydrogens is 297 g/mol. The number of carbonyl (C=O) groups is 1. The molecule has 1 aliphatic rings. The second-order valence-corrected chi connectivity index (χ2v) is 5.46. The molecule has 1 N–H and O–H groups in total. The average Bonchev–Trinajstić information content (AvgIpc) is 3.07. The van der Waals surface area contributed by atoms with Crippen molar-refractivity contribution in [2.24, 2.45) is 5.92 Å². The number of nitrogens with zero attached hydrogens (tertiary/aromatic N) is 3. The molecule has 1 aliphatic carbocycles. The molecule has 5 nitrogen and oxygen atoms in total. The predicted molar refractivity (Wildman–Crippen MR) is 83.1 cm³/mol. The van der Waals surface area contributed by atoms with Gasteiger partial charge in [0, 0.05) is 18.0 Å². The predicted octanol–water partition coefficient (Wildman–Crippen LogP) is 3.14. The fraction of sp³-hybridized carbons (Fsp3) is 0.235. The zero-order chi connectivity index (χ0) is 16.4. The van der Waals surface area contributed by atoms with Gasteiger partial charge in [-0.25, -0.2) is 4.39 Å². The van der Waals surface area contributed by atoms with Crippen molar-refractivity contribution in [3.63, 3.8) is 0 Å². The van der Waals surface area contributed by atoms with E-state index in [0.717, 1.165) is 11.3 Å². The zero-order valence-electron chi connectivity index (χ0n) is 12.6. The second-order valence-electron chi connectivity index (χ2n) is 5.46. The molecule has 1 unspecified atom stereocenters. The maximum absolute atomic E-state index is 13.6. The summed E-state index contributed by atoms with van der Waals surface area (Å²) in [6, 6.07) is 4.26. The Morgan fingerprint density at radius 2 is 2.22 bits per heavy atom. The maximum Gasteiger partial charge on any atom is 0.257 e. The number of anilines is 1. The van der Waals surface area contributed by atoms with Crippen LogP contribution in [0.2, 0.25) is 0 Å². The lowest BCUT2D eigenvalue weighted by Crippen LogP contribution is -2.32. The number of allylic oxidation sites excluding steroid dienone is 1. The molecule has 23 heavy (non-hydrogen) atoms. The van der Waals surface area contributed by atoms with Gasteiger partial charge in [-0.3, -0.25) is 20.0 Å². The first-order valence-electron chi connectivity index (χ1n) is 7.33. The summed E-state index contributed by atoms with van der Waals surface area (Å²) >= 11 is 0. The zero-order valence-corrected chi connectivity index (χ0v) is 12.6. The Bertz CT molecular complexity index is 762. The summed E-state index contributed by atoms with van der Waals surface area (Å²) in [7, 11) is 0. The number of carbonyl (C=O) groups excluding carboxylic acids is 1. The third kappa shape index (κ3) is 2.98. The Kier molecular flexibility index (Phi) is 4.16. The van der Waals surface area contributed by atoms with E-state index < -0.39 is 17.6 Å². The molecule has 2 aromatic rings. The van der Waals surface area contributed by atoms with Gasteiger partial charge in [-0.05, 0) is 37.5 Å². The van der Waals surface area contributed by atoms with Gasteiger partial charge < -0.3 is 0 Å². The Morgan fingerprint density at radius 1 is 1.39 bits per heavy atom. The van der Waals surface area contributed by atoms with Gasteiger partial charge in [0.05, 0.1) is 23.5 Å². The first-order valence-corrected chi connectivity index (χ1v) is 7.33. The summed E-state index contributed by atoms with van der Waals surface area (Å²) in [5.41, 5.74) is 2.06. The van der Waals surface area contributed by atoms with E-state index in [-0.39, 0.29) is 11.3 Å². The first kappa shape index (κ1) is 15.3. The van der Waals surface area contributed by atoms with Crippen LogP contribution in [-0.4, -0.2) is 21.1 Å². The quantitative estimate of drug-likeness (QED) is 0.698. The van der Waals surface area contributed by atoms with Crippen molar-refractivity contribution in [2.75, 3.05) is 5.06 Å². The van der Waals surface area contributed by atoms with E-state index in [0.29, 0.717) is 17.9 Å². The summed E-state index contributed by atoms with van der Waals surface area (Å²) in [6.07, 6.45) is 7.89. The number of hydrogen-bond donors (Lipinski definition) is 1. The number of benzene rings is 1. The van der Waals surface area contributed by atoms with E-state index in [2.05, 4.69) is 9.97 Å². The van der Waals surface area contributed by atoms with Crippen molar-refractivity contribution < 1.29 is 14.4 Å². The Balaban J connectivity index is 1.81. The first-order chi connectivity index (χ1) is 11.1. The Labute approximate surface area is 133 Å². The van der Waals surface area contributed by atoms with Crippen LogP contribution in [0.15, 0.2) is 42.9 Å². The van der Waals surface area contributed by atoms with Gasteiger partial charge in [-0.15, -0.1) is 0 Å². The second kappa shape index (κ2) is 6.26. The van der Waals surface area contributed by atoms with E-state index >= 15 is 0 Å². The van der Waals surface area contributed by atoms with Crippen LogP contribution in [0.4, 0.5) is 10.1 Å². The minimum absolute atomic E-state index is 0.163. The van der Waals surface area contributed by atoms with Crippen molar-refractivity contribution >= 4 is 17.2 Å². The number of halogens is 1. The van der Waals surface area contributed by atoms with Crippen molar-refractivity contribution in [1.82, 2.24) is 9.97 Å². The standard InChI is InChI=1S/C17H16FN3O2/c1-11-14(18)3-2-4-16(11)21(23)17(22)13-6-5-12(9-13)15-10-19-7-8-20-15/h2-4,7-10,13,23H,5-6H2,1H3. The third-order valence-corrected chi connectivity index (χ3v) is 4.01. The molecule has 1 aromatic carbocycles. The Morgan fingerprint density at radius 3 is 2.96 bits per heavy atom. The van der Waals surface area contributed by atoms with Gasteiger partial charge in [0.15, 0.2) is 0 Å². The highest BCUT2D eigenvalue weighted by Crippen LogP contribution is 2.32. The number of rotatable bonds is 3. The Hall–Kier alpha value is -2.60. The summed E-state index contributed by atoms with van der Waals surface area (Å²) in [4.78, 5) is 20.7. The number of amides is 1. The highest BCUT2D eigenvalue weighted by Gasteiger charge is 2.29. The smallest absolute Gasteiger partial charge is 0.257 e. The van der Waals surface area contributed by atoms with Crippen molar-refractivity contribution in [3.05, 3.63) is 59.9 Å². The van der Waals surface area contributed by atoms with Crippen LogP contribution in [0, 0.1) is 18.7 Å². The van der Waals surface area contributed by atoms with Crippen LogP contribution in [0.25, 0.3) is 5.57 Å². The minimum Gasteiger partial charge on any atom is -0.281 e. The van der Waals surface area contributed by atoms with Crippen LogP contribution in [0.3, 0.4) is 0 Å². The molecule has 0 spiro atoms. The molecule has 3 rings (SSSR count). The summed E-state index contributed by atoms with van der Waals surface area (Å²) < 4.78 is 13.6. The summed E-state index contributed by atoms with van der Waals surface area (Å²) in [5, 5.41) is 10.7. The van der Waals surface area contributed by atoms with Crippen LogP contribution in [0.5, 0.6) is 0 Å². The van der Waals surface area contributed by atoms with E-state index in [1.165, 1.54) is 25.1 Å². The molecule has 0 fully saturated rings. The molecule has 1 aromatic heterocycles. The van der Waals surface area contributed by atoms with Crippen LogP contribution < -0.4 is 5.06 Å². The molecule has 0 aliphatic heterocycles. The van der Waals surface area contributed by atoms with Gasteiger partial charge in [-0.1, -0.05) is 12.1 Å². The molecule has 0 saturated carbocycles. The lowest BCUT2D eigenvalue weighted by molar-refractivity contribution is -0.126. The van der Waals surface area contributed by atoms with Gasteiger partial charge in [-0.2, -0.15) is 5.06 Å². The normalized spacial score (nSPS) is 17.0. The van der Waals surface area contributed by atoms with Gasteiger partial charge in [0.1, 0.15) is 5.82 Å². The average molecular weight is 313 g/mol. The molecule has 118 valence electrons. The SMILES string of the molecule is Cc1c(F)cccc1N(O)C(=O)C1C=C(c2cnccn2)CC1. The monoisotopic (exact) mass is 313 g/mol. The van der Waals surface area contributed by atoms with Crippen molar-refractivity contribution in [2.45, 2.75) is 19.8 Å². The maximum atomic E-state index is 13.6. The topological polar surface area (TPSA) is 66.3 Å². The molecule has 6 heteroatoms.